The molecule has 1 aliphatic carbocycles. The summed E-state index contributed by atoms with van der Waals surface area (Å²) in [6.45, 7) is 4.71. The smallest absolute Gasteiger partial charge is 0.239 e. The van der Waals surface area contributed by atoms with Gasteiger partial charge in [0.2, 0.25) is 11.8 Å². The lowest BCUT2D eigenvalue weighted by molar-refractivity contribution is -0.139. The second-order valence-corrected chi connectivity index (χ2v) is 5.30. The summed E-state index contributed by atoms with van der Waals surface area (Å²) in [7, 11) is 1.68. The third-order valence-electron chi connectivity index (χ3n) is 3.74. The van der Waals surface area contributed by atoms with E-state index in [1.807, 2.05) is 6.92 Å². The van der Waals surface area contributed by atoms with Crippen molar-refractivity contribution in [3.8, 4) is 0 Å². The van der Waals surface area contributed by atoms with E-state index in [-0.39, 0.29) is 30.3 Å². The van der Waals surface area contributed by atoms with E-state index in [9.17, 15) is 9.59 Å². The molecule has 3 N–H and O–H groups in total. The Morgan fingerprint density at radius 2 is 2.06 bits per heavy atom. The van der Waals surface area contributed by atoms with E-state index < -0.39 is 0 Å². The Hall–Kier alpha value is -1.10. The second-order valence-electron chi connectivity index (χ2n) is 5.30. The van der Waals surface area contributed by atoms with Crippen LogP contribution in [-0.4, -0.2) is 42.9 Å². The molecule has 1 aliphatic rings. The maximum Gasteiger partial charge on any atom is 0.239 e. The molecule has 2 amide bonds. The first-order chi connectivity index (χ1) is 8.45. The molecule has 0 radical (unpaired) electrons. The van der Waals surface area contributed by atoms with E-state index >= 15 is 0 Å². The van der Waals surface area contributed by atoms with Crippen LogP contribution in [-0.2, 0) is 9.59 Å². The summed E-state index contributed by atoms with van der Waals surface area (Å²) in [5, 5.41) is 2.69. The van der Waals surface area contributed by atoms with Gasteiger partial charge in [-0.1, -0.05) is 6.92 Å². The van der Waals surface area contributed by atoms with Crippen molar-refractivity contribution >= 4 is 11.8 Å². The van der Waals surface area contributed by atoms with Gasteiger partial charge in [0.1, 0.15) is 0 Å². The van der Waals surface area contributed by atoms with Gasteiger partial charge in [-0.2, -0.15) is 0 Å². The standard InChI is InChI=1S/C13H25N3O2/c1-4-15-12(17)8-16(3)13(18)10-6-5-9(2)11(14)7-10/h9-11H,4-8,14H2,1-3H3,(H,15,17). The number of hydrogen-bond acceptors (Lipinski definition) is 3. The van der Waals surface area contributed by atoms with Gasteiger partial charge in [0, 0.05) is 25.6 Å². The van der Waals surface area contributed by atoms with Gasteiger partial charge in [-0.05, 0) is 32.1 Å². The van der Waals surface area contributed by atoms with Gasteiger partial charge in [-0.15, -0.1) is 0 Å². The molecular formula is C13H25N3O2. The third kappa shape index (κ3) is 3.98. The summed E-state index contributed by atoms with van der Waals surface area (Å²) < 4.78 is 0. The molecule has 0 aromatic heterocycles. The minimum absolute atomic E-state index is 0.0179. The highest BCUT2D eigenvalue weighted by Gasteiger charge is 2.31. The van der Waals surface area contributed by atoms with Crippen LogP contribution in [0.5, 0.6) is 0 Å². The van der Waals surface area contributed by atoms with Crippen molar-refractivity contribution in [3.05, 3.63) is 0 Å². The van der Waals surface area contributed by atoms with Crippen molar-refractivity contribution in [3.63, 3.8) is 0 Å². The quantitative estimate of drug-likeness (QED) is 0.761. The van der Waals surface area contributed by atoms with Gasteiger partial charge in [0.05, 0.1) is 6.54 Å². The van der Waals surface area contributed by atoms with Crippen molar-refractivity contribution < 1.29 is 9.59 Å². The molecule has 3 atom stereocenters. The predicted molar refractivity (Wildman–Crippen MR) is 70.8 cm³/mol. The monoisotopic (exact) mass is 255 g/mol. The summed E-state index contributed by atoms with van der Waals surface area (Å²) in [4.78, 5) is 25.1. The van der Waals surface area contributed by atoms with Crippen molar-refractivity contribution in [1.29, 1.82) is 0 Å². The summed E-state index contributed by atoms with van der Waals surface area (Å²) in [6, 6.07) is 0.102. The maximum atomic E-state index is 12.2. The average Bonchev–Trinajstić information content (AvgIpc) is 2.32. The Bertz CT molecular complexity index is 307. The zero-order valence-corrected chi connectivity index (χ0v) is 11.6. The second kappa shape index (κ2) is 6.73. The number of nitrogens with one attached hydrogen (secondary N) is 1. The van der Waals surface area contributed by atoms with Crippen LogP contribution in [0.3, 0.4) is 0 Å². The Morgan fingerprint density at radius 1 is 1.39 bits per heavy atom. The fourth-order valence-corrected chi connectivity index (χ4v) is 2.44. The third-order valence-corrected chi connectivity index (χ3v) is 3.74. The minimum atomic E-state index is -0.109. The first kappa shape index (κ1) is 15.0. The predicted octanol–water partition coefficient (Wildman–Crippen LogP) is 0.344. The summed E-state index contributed by atoms with van der Waals surface area (Å²) in [5.41, 5.74) is 6.01. The van der Waals surface area contributed by atoms with Gasteiger partial charge in [0.15, 0.2) is 0 Å². The van der Waals surface area contributed by atoms with Crippen LogP contribution in [0.15, 0.2) is 0 Å². The molecule has 5 heteroatoms. The van der Waals surface area contributed by atoms with E-state index in [1.165, 1.54) is 4.90 Å². The van der Waals surface area contributed by atoms with Crippen LogP contribution in [0.25, 0.3) is 0 Å². The number of carbonyl (C=O) groups is 2. The van der Waals surface area contributed by atoms with Crippen molar-refractivity contribution in [2.24, 2.45) is 17.6 Å². The molecule has 0 aliphatic heterocycles. The lowest BCUT2D eigenvalue weighted by Gasteiger charge is -2.33. The highest BCUT2D eigenvalue weighted by atomic mass is 16.2. The largest absolute Gasteiger partial charge is 0.355 e. The SMILES string of the molecule is CCNC(=O)CN(C)C(=O)C1CCC(C)C(N)C1. The number of likely N-dealkylation sites (N-methyl/N-ethyl adjacent to an activating group) is 2. The van der Waals surface area contributed by atoms with Crippen molar-refractivity contribution in [2.75, 3.05) is 20.1 Å². The van der Waals surface area contributed by atoms with Gasteiger partial charge in [-0.3, -0.25) is 9.59 Å². The van der Waals surface area contributed by atoms with E-state index in [0.717, 1.165) is 19.3 Å². The fraction of sp³-hybridized carbons (Fsp3) is 0.846. The lowest BCUT2D eigenvalue weighted by atomic mass is 9.79. The molecule has 0 heterocycles. The molecule has 0 bridgehead atoms. The zero-order chi connectivity index (χ0) is 13.7. The van der Waals surface area contributed by atoms with Crippen LogP contribution < -0.4 is 11.1 Å². The minimum Gasteiger partial charge on any atom is -0.355 e. The molecule has 3 unspecified atom stereocenters. The molecule has 18 heavy (non-hydrogen) atoms. The van der Waals surface area contributed by atoms with Crippen LogP contribution in [0.4, 0.5) is 0 Å². The molecular weight excluding hydrogens is 230 g/mol. The molecule has 104 valence electrons. The van der Waals surface area contributed by atoms with E-state index in [0.29, 0.717) is 12.5 Å². The molecule has 0 spiro atoms. The normalized spacial score (nSPS) is 27.7. The van der Waals surface area contributed by atoms with Crippen molar-refractivity contribution in [2.45, 2.75) is 39.2 Å². The average molecular weight is 255 g/mol. The van der Waals surface area contributed by atoms with Crippen LogP contribution >= 0.6 is 0 Å². The first-order valence-corrected chi connectivity index (χ1v) is 6.73. The molecule has 1 saturated carbocycles. The zero-order valence-electron chi connectivity index (χ0n) is 11.6. The van der Waals surface area contributed by atoms with Gasteiger partial charge in [-0.25, -0.2) is 0 Å². The number of amides is 2. The van der Waals surface area contributed by atoms with Crippen LogP contribution in [0.1, 0.15) is 33.1 Å². The topological polar surface area (TPSA) is 75.4 Å². The molecule has 0 aromatic carbocycles. The first-order valence-electron chi connectivity index (χ1n) is 6.73. The Labute approximate surface area is 109 Å². The van der Waals surface area contributed by atoms with Gasteiger partial charge >= 0.3 is 0 Å². The molecule has 0 aromatic rings. The number of nitrogens with zero attached hydrogens (tertiary/aromatic N) is 1. The highest BCUT2D eigenvalue weighted by molar-refractivity contribution is 5.85. The summed E-state index contributed by atoms with van der Waals surface area (Å²) in [5.74, 6) is 0.406. The summed E-state index contributed by atoms with van der Waals surface area (Å²) >= 11 is 0. The number of carbonyl (C=O) groups excluding carboxylic acids is 2. The molecule has 1 rings (SSSR count). The van der Waals surface area contributed by atoms with E-state index in [2.05, 4.69) is 12.2 Å². The Balaban J connectivity index is 2.46. The van der Waals surface area contributed by atoms with Crippen LogP contribution in [0.2, 0.25) is 0 Å². The number of rotatable bonds is 4. The number of hydrogen-bond donors (Lipinski definition) is 2. The van der Waals surface area contributed by atoms with Gasteiger partial charge in [0.25, 0.3) is 0 Å². The van der Waals surface area contributed by atoms with E-state index in [1.54, 1.807) is 7.05 Å². The molecule has 0 saturated heterocycles. The molecule has 1 fully saturated rings. The Kier molecular flexibility index (Phi) is 5.59. The lowest BCUT2D eigenvalue weighted by Crippen LogP contribution is -2.45. The number of nitrogens with two attached hydrogens (primary N) is 1. The molecule has 5 nitrogen and oxygen atoms in total. The highest BCUT2D eigenvalue weighted by Crippen LogP contribution is 2.28. The van der Waals surface area contributed by atoms with Crippen molar-refractivity contribution in [1.82, 2.24) is 10.2 Å². The van der Waals surface area contributed by atoms with E-state index in [4.69, 9.17) is 5.73 Å². The summed E-state index contributed by atoms with van der Waals surface area (Å²) in [6.07, 6.45) is 2.61. The maximum absolute atomic E-state index is 12.2. The fourth-order valence-electron chi connectivity index (χ4n) is 2.44. The van der Waals surface area contributed by atoms with Gasteiger partial charge < -0.3 is 16.0 Å². The Morgan fingerprint density at radius 3 is 2.61 bits per heavy atom. The van der Waals surface area contributed by atoms with Crippen LogP contribution in [0, 0.1) is 11.8 Å².